The number of anilines is 1. The third kappa shape index (κ3) is 5.44. The predicted octanol–water partition coefficient (Wildman–Crippen LogP) is 5.38. The number of rotatable bonds is 9. The van der Waals surface area contributed by atoms with Crippen LogP contribution in [0.25, 0.3) is 50.4 Å². The predicted molar refractivity (Wildman–Crippen MR) is 176 cm³/mol. The van der Waals surface area contributed by atoms with E-state index in [1.54, 1.807) is 6.33 Å². The highest BCUT2D eigenvalue weighted by Crippen LogP contribution is 2.36. The van der Waals surface area contributed by atoms with Gasteiger partial charge in [0.15, 0.2) is 0 Å². The molecule has 6 aromatic rings. The van der Waals surface area contributed by atoms with Crippen molar-refractivity contribution in [1.29, 1.82) is 0 Å². The number of para-hydroxylation sites is 1. The number of pyridine rings is 1. The van der Waals surface area contributed by atoms with Gasteiger partial charge in [0.2, 0.25) is 5.91 Å². The van der Waals surface area contributed by atoms with Crippen molar-refractivity contribution in [1.82, 2.24) is 29.4 Å². The molecule has 0 saturated carbocycles. The number of nitrogens with one attached hydrogen (secondary N) is 2. The van der Waals surface area contributed by atoms with Crippen LogP contribution >= 0.6 is 0 Å². The summed E-state index contributed by atoms with van der Waals surface area (Å²) in [4.78, 5) is 39.6. The minimum Gasteiger partial charge on any atom is -0.352 e. The molecule has 0 bridgehead atoms. The van der Waals surface area contributed by atoms with Crippen molar-refractivity contribution >= 4 is 39.4 Å². The van der Waals surface area contributed by atoms with Crippen LogP contribution in [-0.4, -0.2) is 49.0 Å². The summed E-state index contributed by atoms with van der Waals surface area (Å²) in [6, 6.07) is 21.8. The molecule has 0 radical (unpaired) electrons. The van der Waals surface area contributed by atoms with Gasteiger partial charge in [-0.3, -0.25) is 14.2 Å². The monoisotopic (exact) mass is 598 g/mol. The number of hydrogen-bond donors (Lipinski definition) is 3. The third-order valence-electron chi connectivity index (χ3n) is 8.36. The van der Waals surface area contributed by atoms with Crippen molar-refractivity contribution in [2.24, 2.45) is 12.8 Å². The van der Waals surface area contributed by atoms with Crippen LogP contribution in [0.5, 0.6) is 0 Å². The maximum Gasteiger partial charge on any atom is 0.251 e. The summed E-state index contributed by atoms with van der Waals surface area (Å²) in [7, 11) is 1.95. The van der Waals surface area contributed by atoms with Crippen LogP contribution in [0.4, 0.5) is 5.69 Å². The summed E-state index contributed by atoms with van der Waals surface area (Å²) < 4.78 is 4.08. The van der Waals surface area contributed by atoms with Crippen LogP contribution in [0.3, 0.4) is 0 Å². The van der Waals surface area contributed by atoms with Gasteiger partial charge in [0, 0.05) is 47.9 Å². The number of aryl methyl sites for hydroxylation is 2. The van der Waals surface area contributed by atoms with E-state index in [9.17, 15) is 9.59 Å². The normalized spacial score (nSPS) is 12.8. The zero-order valence-electron chi connectivity index (χ0n) is 25.1. The number of amides is 2. The van der Waals surface area contributed by atoms with Gasteiger partial charge in [-0.25, -0.2) is 15.0 Å². The first-order valence-electron chi connectivity index (χ1n) is 15.3. The summed E-state index contributed by atoms with van der Waals surface area (Å²) in [5, 5.41) is 6.98. The molecular formula is C35H34N8O2. The Labute approximate surface area is 260 Å². The van der Waals surface area contributed by atoms with E-state index in [0.717, 1.165) is 75.4 Å². The summed E-state index contributed by atoms with van der Waals surface area (Å²) in [6.45, 7) is 1.26. The van der Waals surface area contributed by atoms with Gasteiger partial charge in [0.1, 0.15) is 5.82 Å². The van der Waals surface area contributed by atoms with Crippen molar-refractivity contribution in [3.05, 3.63) is 90.4 Å². The van der Waals surface area contributed by atoms with Crippen molar-refractivity contribution in [3.63, 3.8) is 0 Å². The van der Waals surface area contributed by atoms with Gasteiger partial charge in [-0.15, -0.1) is 0 Å². The summed E-state index contributed by atoms with van der Waals surface area (Å²) in [5.74, 6) is 0.629. The SMILES string of the molecule is Cn1cncc1-c1cc(-c2nc3cc(C(=O)NCCCCCN)ccc3n2-c2ccc3c(c2)CCC(=O)N3)c2ccccc2n1. The highest BCUT2D eigenvalue weighted by Gasteiger charge is 2.22. The Morgan fingerprint density at radius 2 is 1.87 bits per heavy atom. The van der Waals surface area contributed by atoms with Crippen molar-refractivity contribution in [2.75, 3.05) is 18.4 Å². The van der Waals surface area contributed by atoms with Gasteiger partial charge in [-0.1, -0.05) is 24.6 Å². The van der Waals surface area contributed by atoms with E-state index < -0.39 is 0 Å². The fourth-order valence-corrected chi connectivity index (χ4v) is 6.02. The Morgan fingerprint density at radius 3 is 2.71 bits per heavy atom. The molecule has 226 valence electrons. The molecule has 7 rings (SSSR count). The molecule has 3 aromatic heterocycles. The summed E-state index contributed by atoms with van der Waals surface area (Å²) >= 11 is 0. The number of carbonyl (C=O) groups excluding carboxylic acids is 2. The third-order valence-corrected chi connectivity index (χ3v) is 8.36. The van der Waals surface area contributed by atoms with E-state index in [4.69, 9.17) is 15.7 Å². The number of aromatic nitrogens is 5. The van der Waals surface area contributed by atoms with Crippen molar-refractivity contribution < 1.29 is 9.59 Å². The first-order valence-corrected chi connectivity index (χ1v) is 15.3. The summed E-state index contributed by atoms with van der Waals surface area (Å²) in [5.41, 5.74) is 14.0. The van der Waals surface area contributed by atoms with Gasteiger partial charge in [0.25, 0.3) is 5.91 Å². The average Bonchev–Trinajstić information content (AvgIpc) is 3.66. The molecule has 4 N–H and O–H groups in total. The molecule has 0 unspecified atom stereocenters. The lowest BCUT2D eigenvalue weighted by molar-refractivity contribution is -0.116. The van der Waals surface area contributed by atoms with Gasteiger partial charge in [-0.2, -0.15) is 0 Å². The minimum atomic E-state index is -0.127. The van der Waals surface area contributed by atoms with Crippen LogP contribution in [0.15, 0.2) is 79.3 Å². The zero-order valence-corrected chi connectivity index (χ0v) is 25.1. The lowest BCUT2D eigenvalue weighted by Crippen LogP contribution is -2.24. The fourth-order valence-electron chi connectivity index (χ4n) is 6.02. The Hall–Kier alpha value is -5.35. The van der Waals surface area contributed by atoms with E-state index >= 15 is 0 Å². The molecule has 10 nitrogen and oxygen atoms in total. The Morgan fingerprint density at radius 1 is 0.978 bits per heavy atom. The molecule has 1 aliphatic rings. The number of unbranched alkanes of at least 4 members (excludes halogenated alkanes) is 2. The fraction of sp³-hybridized carbons (Fsp3) is 0.229. The molecule has 45 heavy (non-hydrogen) atoms. The van der Waals surface area contributed by atoms with Gasteiger partial charge in [0.05, 0.1) is 40.5 Å². The standard InChI is InChI=1S/C35H34N8O2/c1-42-21-37-20-32(42)30-19-26(25-7-3-4-8-28(25)39-30)34-41-29-18-23(35(45)38-16-6-2-5-15-36)9-13-31(29)43(34)24-11-12-27-22(17-24)10-14-33(44)40-27/h3-4,7-9,11-13,17-21H,2,5-6,10,14-16,36H2,1H3,(H,38,45)(H,40,44). The molecule has 2 amide bonds. The van der Waals surface area contributed by atoms with Crippen LogP contribution in [0.2, 0.25) is 0 Å². The number of fused-ring (bicyclic) bond motifs is 3. The maximum absolute atomic E-state index is 13.1. The quantitative estimate of drug-likeness (QED) is 0.191. The lowest BCUT2D eigenvalue weighted by atomic mass is 10.0. The molecule has 10 heteroatoms. The largest absolute Gasteiger partial charge is 0.352 e. The second-order valence-corrected chi connectivity index (χ2v) is 11.4. The van der Waals surface area contributed by atoms with E-state index in [1.165, 1.54) is 0 Å². The topological polar surface area (TPSA) is 133 Å². The molecule has 0 saturated heterocycles. The molecule has 0 fully saturated rings. The number of imidazole rings is 2. The number of hydrogen-bond acceptors (Lipinski definition) is 6. The highest BCUT2D eigenvalue weighted by atomic mass is 16.2. The van der Waals surface area contributed by atoms with Gasteiger partial charge in [-0.05, 0) is 79.9 Å². The Kier molecular flexibility index (Phi) is 7.56. The second-order valence-electron chi connectivity index (χ2n) is 11.4. The van der Waals surface area contributed by atoms with Gasteiger partial charge >= 0.3 is 0 Å². The molecule has 0 atom stereocenters. The molecule has 3 aromatic carbocycles. The van der Waals surface area contributed by atoms with Crippen molar-refractivity contribution in [2.45, 2.75) is 32.1 Å². The average molecular weight is 599 g/mol. The Balaban J connectivity index is 1.40. The second kappa shape index (κ2) is 12.0. The lowest BCUT2D eigenvalue weighted by Gasteiger charge is -2.19. The molecule has 0 spiro atoms. The van der Waals surface area contributed by atoms with E-state index in [0.29, 0.717) is 37.0 Å². The van der Waals surface area contributed by atoms with E-state index in [2.05, 4.69) is 38.4 Å². The first-order chi connectivity index (χ1) is 22.0. The van der Waals surface area contributed by atoms with Crippen LogP contribution in [0.1, 0.15) is 41.6 Å². The molecule has 4 heterocycles. The highest BCUT2D eigenvalue weighted by molar-refractivity contribution is 6.01. The van der Waals surface area contributed by atoms with Crippen molar-refractivity contribution in [3.8, 4) is 28.5 Å². The molecular weight excluding hydrogens is 564 g/mol. The minimum absolute atomic E-state index is 0.0279. The zero-order chi connectivity index (χ0) is 30.9. The smallest absolute Gasteiger partial charge is 0.251 e. The first kappa shape index (κ1) is 28.4. The summed E-state index contributed by atoms with van der Waals surface area (Å²) in [6.07, 6.45) is 7.49. The molecule has 1 aliphatic heterocycles. The van der Waals surface area contributed by atoms with E-state index in [1.807, 2.05) is 66.3 Å². The number of benzene rings is 3. The van der Waals surface area contributed by atoms with Crippen LogP contribution in [-0.2, 0) is 18.3 Å². The number of nitrogens with two attached hydrogens (primary N) is 1. The van der Waals surface area contributed by atoms with Crippen LogP contribution in [0, 0.1) is 0 Å². The van der Waals surface area contributed by atoms with Gasteiger partial charge < -0.3 is 20.9 Å². The number of carbonyl (C=O) groups is 2. The Bertz CT molecular complexity index is 2080. The number of nitrogens with zero attached hydrogens (tertiary/aromatic N) is 5. The van der Waals surface area contributed by atoms with E-state index in [-0.39, 0.29) is 11.8 Å². The molecule has 0 aliphatic carbocycles. The maximum atomic E-state index is 13.1. The van der Waals surface area contributed by atoms with Crippen LogP contribution < -0.4 is 16.4 Å².